The van der Waals surface area contributed by atoms with Crippen LogP contribution in [0.4, 0.5) is 5.69 Å². The van der Waals surface area contributed by atoms with E-state index in [-0.39, 0.29) is 12.5 Å². The maximum Gasteiger partial charge on any atom is 0.257 e. The van der Waals surface area contributed by atoms with E-state index in [1.54, 1.807) is 19.1 Å². The molecule has 1 heterocycles. The van der Waals surface area contributed by atoms with Crippen LogP contribution in [-0.2, 0) is 0 Å². The lowest BCUT2D eigenvalue weighted by molar-refractivity contribution is 0.0958. The van der Waals surface area contributed by atoms with Gasteiger partial charge in [0.15, 0.2) is 0 Å². The number of carbonyl (C=O) groups excluding carboxylic acids is 1. The van der Waals surface area contributed by atoms with E-state index in [0.29, 0.717) is 33.3 Å². The van der Waals surface area contributed by atoms with Crippen molar-refractivity contribution in [3.8, 4) is 11.3 Å². The first-order valence-electron chi connectivity index (χ1n) is 10.9. The van der Waals surface area contributed by atoms with Crippen molar-refractivity contribution in [3.63, 3.8) is 0 Å². The molecule has 3 aromatic carbocycles. The van der Waals surface area contributed by atoms with Crippen LogP contribution < -0.4 is 10.7 Å². The molecule has 0 saturated carbocycles. The molecule has 172 valence electrons. The standard InChI is InChI=1S/C27H25ClN4O2/c1-17-13-14-21(15-18(17)2)30-31-24(20-9-5-4-6-10-20)16-29-27(33)25-19(3)34-32-26(25)22-11-7-8-12-23(22)28/h4-15,30H,16H2,1-3H3,(H,29,33)/b31-24-. The number of halogens is 1. The van der Waals surface area contributed by atoms with Crippen molar-refractivity contribution >= 4 is 28.9 Å². The van der Waals surface area contributed by atoms with Gasteiger partial charge in [0.05, 0.1) is 23.0 Å². The number of hydrazone groups is 1. The van der Waals surface area contributed by atoms with Crippen molar-refractivity contribution in [1.82, 2.24) is 10.5 Å². The van der Waals surface area contributed by atoms with E-state index in [9.17, 15) is 4.79 Å². The Kier molecular flexibility index (Phi) is 7.09. The number of hydrogen-bond acceptors (Lipinski definition) is 5. The van der Waals surface area contributed by atoms with Gasteiger partial charge >= 0.3 is 0 Å². The lowest BCUT2D eigenvalue weighted by atomic mass is 10.1. The molecule has 0 spiro atoms. The molecule has 0 atom stereocenters. The number of nitrogens with zero attached hydrogens (tertiary/aromatic N) is 2. The average Bonchev–Trinajstić information content (AvgIpc) is 3.23. The summed E-state index contributed by atoms with van der Waals surface area (Å²) in [6.07, 6.45) is 0. The van der Waals surface area contributed by atoms with E-state index >= 15 is 0 Å². The highest BCUT2D eigenvalue weighted by atomic mass is 35.5. The highest BCUT2D eigenvalue weighted by molar-refractivity contribution is 6.33. The zero-order chi connectivity index (χ0) is 24.1. The summed E-state index contributed by atoms with van der Waals surface area (Å²) < 4.78 is 5.33. The number of rotatable bonds is 7. The Morgan fingerprint density at radius 1 is 0.971 bits per heavy atom. The van der Waals surface area contributed by atoms with Gasteiger partial charge in [0.25, 0.3) is 5.91 Å². The molecule has 6 nitrogen and oxygen atoms in total. The second kappa shape index (κ2) is 10.4. The molecule has 0 aliphatic heterocycles. The van der Waals surface area contributed by atoms with Crippen molar-refractivity contribution in [2.24, 2.45) is 5.10 Å². The predicted molar refractivity (Wildman–Crippen MR) is 137 cm³/mol. The van der Waals surface area contributed by atoms with Crippen molar-refractivity contribution < 1.29 is 9.32 Å². The van der Waals surface area contributed by atoms with Crippen molar-refractivity contribution in [2.45, 2.75) is 20.8 Å². The molecule has 2 N–H and O–H groups in total. The van der Waals surface area contributed by atoms with Crippen LogP contribution in [0.1, 0.15) is 32.8 Å². The fourth-order valence-electron chi connectivity index (χ4n) is 3.51. The third-order valence-corrected chi connectivity index (χ3v) is 5.90. The molecule has 0 fully saturated rings. The van der Waals surface area contributed by atoms with Gasteiger partial charge in [-0.25, -0.2) is 0 Å². The molecule has 34 heavy (non-hydrogen) atoms. The predicted octanol–water partition coefficient (Wildman–Crippen LogP) is 6.17. The topological polar surface area (TPSA) is 79.5 Å². The Labute approximate surface area is 203 Å². The molecule has 4 aromatic rings. The van der Waals surface area contributed by atoms with E-state index in [0.717, 1.165) is 11.3 Å². The summed E-state index contributed by atoms with van der Waals surface area (Å²) in [4.78, 5) is 13.2. The van der Waals surface area contributed by atoms with Crippen LogP contribution in [0.15, 0.2) is 82.4 Å². The minimum Gasteiger partial charge on any atom is -0.360 e. The highest BCUT2D eigenvalue weighted by Gasteiger charge is 2.23. The van der Waals surface area contributed by atoms with Gasteiger partial charge in [-0.15, -0.1) is 0 Å². The van der Waals surface area contributed by atoms with Crippen LogP contribution in [-0.4, -0.2) is 23.3 Å². The number of amides is 1. The molecule has 0 aliphatic carbocycles. The number of carbonyl (C=O) groups is 1. The monoisotopic (exact) mass is 472 g/mol. The maximum absolute atomic E-state index is 13.2. The van der Waals surface area contributed by atoms with Gasteiger partial charge in [0.1, 0.15) is 17.0 Å². The summed E-state index contributed by atoms with van der Waals surface area (Å²) >= 11 is 6.33. The van der Waals surface area contributed by atoms with Gasteiger partial charge in [-0.2, -0.15) is 5.10 Å². The minimum atomic E-state index is -0.316. The summed E-state index contributed by atoms with van der Waals surface area (Å²) in [6.45, 7) is 6.03. The Morgan fingerprint density at radius 3 is 2.44 bits per heavy atom. The molecular weight excluding hydrogens is 448 g/mol. The summed E-state index contributed by atoms with van der Waals surface area (Å²) in [5.41, 5.74) is 9.35. The van der Waals surface area contributed by atoms with E-state index in [1.165, 1.54) is 11.1 Å². The maximum atomic E-state index is 13.2. The number of anilines is 1. The first-order valence-corrected chi connectivity index (χ1v) is 11.3. The molecule has 0 radical (unpaired) electrons. The minimum absolute atomic E-state index is 0.202. The lowest BCUT2D eigenvalue weighted by Gasteiger charge is -2.11. The molecule has 4 rings (SSSR count). The number of hydrogen-bond donors (Lipinski definition) is 2. The van der Waals surface area contributed by atoms with Crippen molar-refractivity contribution in [2.75, 3.05) is 12.0 Å². The second-order valence-corrected chi connectivity index (χ2v) is 8.37. The van der Waals surface area contributed by atoms with Crippen molar-refractivity contribution in [1.29, 1.82) is 0 Å². The normalized spacial score (nSPS) is 11.4. The first kappa shape index (κ1) is 23.3. The zero-order valence-electron chi connectivity index (χ0n) is 19.2. The third-order valence-electron chi connectivity index (χ3n) is 5.57. The molecule has 0 bridgehead atoms. The SMILES string of the molecule is Cc1ccc(N/N=C(/CNC(=O)c2c(-c3ccccc3Cl)noc2C)c2ccccc2)cc1C. The molecular formula is C27H25ClN4O2. The van der Waals surface area contributed by atoms with E-state index in [1.807, 2.05) is 60.7 Å². The fraction of sp³-hybridized carbons (Fsp3) is 0.148. The number of nitrogens with one attached hydrogen (secondary N) is 2. The molecule has 1 amide bonds. The van der Waals surface area contributed by atoms with Gasteiger partial charge in [0, 0.05) is 5.56 Å². The molecule has 0 aliphatic rings. The van der Waals surface area contributed by atoms with Gasteiger partial charge < -0.3 is 9.84 Å². The molecule has 0 unspecified atom stereocenters. The Morgan fingerprint density at radius 2 is 1.71 bits per heavy atom. The number of aryl methyl sites for hydroxylation is 3. The van der Waals surface area contributed by atoms with E-state index < -0.39 is 0 Å². The summed E-state index contributed by atoms with van der Waals surface area (Å²) in [7, 11) is 0. The van der Waals surface area contributed by atoms with E-state index in [2.05, 4.69) is 34.8 Å². The van der Waals surface area contributed by atoms with Crippen LogP contribution in [0.3, 0.4) is 0 Å². The van der Waals surface area contributed by atoms with E-state index in [4.69, 9.17) is 16.1 Å². The van der Waals surface area contributed by atoms with Crippen molar-refractivity contribution in [3.05, 3.63) is 106 Å². The largest absolute Gasteiger partial charge is 0.360 e. The lowest BCUT2D eigenvalue weighted by Crippen LogP contribution is -2.31. The molecule has 7 heteroatoms. The number of benzene rings is 3. The molecule has 1 aromatic heterocycles. The smallest absolute Gasteiger partial charge is 0.257 e. The summed E-state index contributed by atoms with van der Waals surface area (Å²) in [6, 6.07) is 23.0. The highest BCUT2D eigenvalue weighted by Crippen LogP contribution is 2.30. The zero-order valence-corrected chi connectivity index (χ0v) is 20.0. The van der Waals surface area contributed by atoms with Crippen LogP contribution in [0.25, 0.3) is 11.3 Å². The Bertz CT molecular complexity index is 1350. The van der Waals surface area contributed by atoms with Crippen LogP contribution in [0, 0.1) is 20.8 Å². The fourth-order valence-corrected chi connectivity index (χ4v) is 3.73. The van der Waals surface area contributed by atoms with Crippen LogP contribution >= 0.6 is 11.6 Å². The third kappa shape index (κ3) is 5.18. The summed E-state index contributed by atoms with van der Waals surface area (Å²) in [5.74, 6) is 0.0994. The van der Waals surface area contributed by atoms with Crippen LogP contribution in [0.5, 0.6) is 0 Å². The Balaban J connectivity index is 1.58. The molecule has 0 saturated heterocycles. The van der Waals surface area contributed by atoms with Gasteiger partial charge in [-0.3, -0.25) is 10.2 Å². The van der Waals surface area contributed by atoms with Gasteiger partial charge in [-0.1, -0.05) is 71.4 Å². The Hall–Kier alpha value is -3.90. The summed E-state index contributed by atoms with van der Waals surface area (Å²) in [5, 5.41) is 12.1. The van der Waals surface area contributed by atoms with Gasteiger partial charge in [-0.05, 0) is 55.7 Å². The quantitative estimate of drug-likeness (QED) is 0.249. The second-order valence-electron chi connectivity index (χ2n) is 7.96. The average molecular weight is 473 g/mol. The van der Waals surface area contributed by atoms with Gasteiger partial charge in [0.2, 0.25) is 0 Å². The first-order chi connectivity index (χ1) is 16.4. The van der Waals surface area contributed by atoms with Crippen LogP contribution in [0.2, 0.25) is 5.02 Å². The number of aromatic nitrogens is 1.